The number of amidine groups is 1. The minimum atomic E-state index is -1.80. The molecule has 0 aromatic carbocycles. The van der Waals surface area contributed by atoms with E-state index in [2.05, 4.69) is 23.6 Å². The van der Waals surface area contributed by atoms with E-state index in [-0.39, 0.29) is 37.3 Å². The molecule has 0 aromatic heterocycles. The molecule has 0 radical (unpaired) electrons. The summed E-state index contributed by atoms with van der Waals surface area (Å²) < 4.78 is 45.2. The van der Waals surface area contributed by atoms with Gasteiger partial charge >= 0.3 is 5.97 Å². The highest BCUT2D eigenvalue weighted by molar-refractivity contribution is 5.76. The summed E-state index contributed by atoms with van der Waals surface area (Å²) in [7, 11) is 5.38. The maximum atomic E-state index is 14.4. The van der Waals surface area contributed by atoms with Gasteiger partial charge in [-0.05, 0) is 107 Å². The maximum absolute atomic E-state index is 14.4. The molecule has 16 heteroatoms. The molecule has 4 heterocycles. The average Bonchev–Trinajstić information content (AvgIpc) is 3.52. The molecule has 0 saturated carbocycles. The van der Waals surface area contributed by atoms with Gasteiger partial charge in [0.2, 0.25) is 0 Å². The predicted molar refractivity (Wildman–Crippen MR) is 232 cm³/mol. The molecule has 4 N–H and O–H groups in total. The zero-order chi connectivity index (χ0) is 45.8. The minimum absolute atomic E-state index is 0.103. The van der Waals surface area contributed by atoms with Gasteiger partial charge in [0.05, 0.1) is 47.6 Å². The van der Waals surface area contributed by atoms with Crippen molar-refractivity contribution in [3.8, 4) is 0 Å². The van der Waals surface area contributed by atoms with Crippen LogP contribution in [0.1, 0.15) is 115 Å². The molecular formula is C45H84N4O12. The number of ether oxygens (including phenoxy) is 7. The van der Waals surface area contributed by atoms with Crippen LogP contribution in [-0.4, -0.2) is 191 Å². The van der Waals surface area contributed by atoms with Crippen LogP contribution < -0.4 is 0 Å². The van der Waals surface area contributed by atoms with Crippen molar-refractivity contribution >= 4 is 12.0 Å². The number of esters is 1. The van der Waals surface area contributed by atoms with Gasteiger partial charge in [0.1, 0.15) is 23.9 Å². The van der Waals surface area contributed by atoms with E-state index >= 15 is 0 Å². The Balaban J connectivity index is 1.78. The topological polar surface area (TPSA) is 185 Å². The van der Waals surface area contributed by atoms with E-state index in [0.717, 1.165) is 26.1 Å². The van der Waals surface area contributed by atoms with Crippen molar-refractivity contribution in [3.63, 3.8) is 0 Å². The normalized spacial score (nSPS) is 45.6. The van der Waals surface area contributed by atoms with E-state index in [1.807, 2.05) is 46.7 Å². The molecule has 0 amide bonds. The molecule has 4 rings (SSSR count). The summed E-state index contributed by atoms with van der Waals surface area (Å²) in [6.45, 7) is 26.3. The van der Waals surface area contributed by atoms with Crippen molar-refractivity contribution in [2.45, 2.75) is 205 Å². The zero-order valence-electron chi connectivity index (χ0n) is 40.1. The van der Waals surface area contributed by atoms with Crippen LogP contribution in [0.5, 0.6) is 0 Å². The van der Waals surface area contributed by atoms with E-state index in [1.165, 1.54) is 14.0 Å². The Kier molecular flexibility index (Phi) is 18.3. The number of nitrogens with zero attached hydrogens (tertiary/aromatic N) is 4. The van der Waals surface area contributed by atoms with Gasteiger partial charge in [0.25, 0.3) is 6.02 Å². The number of rotatable bonds is 12. The van der Waals surface area contributed by atoms with Crippen molar-refractivity contribution in [1.82, 2.24) is 14.7 Å². The Morgan fingerprint density at radius 1 is 0.918 bits per heavy atom. The van der Waals surface area contributed by atoms with Crippen LogP contribution in [0.15, 0.2) is 4.99 Å². The Morgan fingerprint density at radius 3 is 2.18 bits per heavy atom. The third-order valence-corrected chi connectivity index (χ3v) is 14.3. The second-order valence-electron chi connectivity index (χ2n) is 19.4. The average molecular weight is 873 g/mol. The molecule has 0 bridgehead atoms. The lowest BCUT2D eigenvalue weighted by Crippen LogP contribution is -2.60. The highest BCUT2D eigenvalue weighted by Crippen LogP contribution is 2.41. The SMILES string of the molecule is CC[C@H]1OC(=O)[C@H](C)[C@@H](O[C@H]2C[C@@](C)(OC)[C@@H](O)[C@H](C)O2)[C@H](C)[C@@H](O[C@H]2O[C@H](C)C[C@H]3[C@H]2OC(=NCCCN(CC)CC)N3C)[C@](C)(O)C[C@@H](C)CN(C)[C@H](C)[C@@H](O)[C@]1(C)O. The van der Waals surface area contributed by atoms with Crippen LogP contribution in [-0.2, 0) is 38.0 Å². The van der Waals surface area contributed by atoms with E-state index in [4.69, 9.17) is 38.2 Å². The summed E-state index contributed by atoms with van der Waals surface area (Å²) >= 11 is 0. The Bertz CT molecular complexity index is 1420. The largest absolute Gasteiger partial charge is 0.459 e. The van der Waals surface area contributed by atoms with Gasteiger partial charge < -0.3 is 68.3 Å². The first-order chi connectivity index (χ1) is 28.5. The van der Waals surface area contributed by atoms with E-state index in [1.54, 1.807) is 34.6 Å². The molecule has 4 aliphatic heterocycles. The first kappa shape index (κ1) is 51.9. The molecule has 0 unspecified atom stereocenters. The maximum Gasteiger partial charge on any atom is 0.311 e. The molecule has 0 aromatic rings. The monoisotopic (exact) mass is 873 g/mol. The number of hydrogen-bond acceptors (Lipinski definition) is 15. The Hall–Kier alpha value is -1.70. The molecule has 16 nitrogen and oxygen atoms in total. The van der Waals surface area contributed by atoms with Crippen LogP contribution in [0.2, 0.25) is 0 Å². The van der Waals surface area contributed by atoms with Gasteiger partial charge in [-0.2, -0.15) is 0 Å². The molecule has 4 fully saturated rings. The quantitative estimate of drug-likeness (QED) is 0.165. The Morgan fingerprint density at radius 2 is 1.57 bits per heavy atom. The van der Waals surface area contributed by atoms with E-state index in [0.29, 0.717) is 25.5 Å². The first-order valence-corrected chi connectivity index (χ1v) is 23.0. The predicted octanol–water partition coefficient (Wildman–Crippen LogP) is 3.40. The number of hydrogen-bond donors (Lipinski definition) is 4. The molecule has 0 aliphatic carbocycles. The number of fused-ring (bicyclic) bond motifs is 1. The number of carbonyl (C=O) groups is 1. The number of likely N-dealkylation sites (N-methyl/N-ethyl adjacent to an activating group) is 2. The number of aliphatic imine (C=N–C) groups is 1. The molecule has 0 spiro atoms. The fourth-order valence-corrected chi connectivity index (χ4v) is 10.2. The van der Waals surface area contributed by atoms with Crippen molar-refractivity contribution in [3.05, 3.63) is 0 Å². The van der Waals surface area contributed by atoms with Crippen LogP contribution in [0.3, 0.4) is 0 Å². The standard InChI is InChI=1S/C45H84N4O12/c1-16-33-45(12,54)37(50)30(8)47(13)25-26(4)23-43(10,53)39(28(6)35(29(7)40(52)58-33)59-34-24-44(11,55-15)38(51)31(9)57-34)61-41-36-32(22-27(5)56-41)48(14)42(60-36)46-20-19-21-49(17-2)18-3/h26-39,41,50-51,53-54H,16-25H2,1-15H3/t26-,27-,28+,29-,30-,31+,32+,33-,34+,35+,36-,37-,38+,39-,41-,43-,44-,45-/m1/s1. The van der Waals surface area contributed by atoms with Gasteiger partial charge in [-0.1, -0.05) is 34.6 Å². The number of cyclic esters (lactones) is 1. The lowest BCUT2D eigenvalue weighted by molar-refractivity contribution is -0.313. The fraction of sp³-hybridized carbons (Fsp3) is 0.956. The van der Waals surface area contributed by atoms with Crippen LogP contribution in [0.25, 0.3) is 0 Å². The summed E-state index contributed by atoms with van der Waals surface area (Å²) in [5.74, 6) is -2.51. The van der Waals surface area contributed by atoms with Gasteiger partial charge in [0, 0.05) is 45.6 Å². The van der Waals surface area contributed by atoms with Crippen LogP contribution in [0, 0.1) is 17.8 Å². The van der Waals surface area contributed by atoms with Crippen molar-refractivity contribution in [2.24, 2.45) is 22.7 Å². The van der Waals surface area contributed by atoms with Gasteiger partial charge in [0.15, 0.2) is 18.7 Å². The highest BCUT2D eigenvalue weighted by atomic mass is 16.7. The smallest absolute Gasteiger partial charge is 0.311 e. The highest BCUT2D eigenvalue weighted by Gasteiger charge is 2.54. The molecular weight excluding hydrogens is 789 g/mol. The lowest BCUT2D eigenvalue weighted by atomic mass is 9.77. The summed E-state index contributed by atoms with van der Waals surface area (Å²) in [4.78, 5) is 25.7. The summed E-state index contributed by atoms with van der Waals surface area (Å²) in [5.41, 5.74) is -4.35. The summed E-state index contributed by atoms with van der Waals surface area (Å²) in [6.07, 6.45) is -6.36. The Labute approximate surface area is 366 Å². The van der Waals surface area contributed by atoms with Gasteiger partial charge in [-0.15, -0.1) is 0 Å². The van der Waals surface area contributed by atoms with Crippen molar-refractivity contribution in [2.75, 3.05) is 53.9 Å². The third kappa shape index (κ3) is 12.0. The number of methoxy groups -OCH3 is 1. The van der Waals surface area contributed by atoms with Crippen molar-refractivity contribution < 1.29 is 58.4 Å². The third-order valence-electron chi connectivity index (χ3n) is 14.3. The zero-order valence-corrected chi connectivity index (χ0v) is 40.1. The molecule has 356 valence electrons. The number of aliphatic hydroxyl groups is 4. The van der Waals surface area contributed by atoms with Gasteiger partial charge in [-0.25, -0.2) is 4.99 Å². The molecule has 4 saturated heterocycles. The fourth-order valence-electron chi connectivity index (χ4n) is 10.2. The molecule has 4 aliphatic rings. The first-order valence-electron chi connectivity index (χ1n) is 23.0. The van der Waals surface area contributed by atoms with E-state index < -0.39 is 96.0 Å². The van der Waals surface area contributed by atoms with Crippen LogP contribution >= 0.6 is 0 Å². The summed E-state index contributed by atoms with van der Waals surface area (Å²) in [6, 6.07) is -0.107. The van der Waals surface area contributed by atoms with Crippen LogP contribution in [0.4, 0.5) is 0 Å². The number of aliphatic hydroxyl groups excluding tert-OH is 2. The second-order valence-corrected chi connectivity index (χ2v) is 19.4. The van der Waals surface area contributed by atoms with Gasteiger partial charge in [-0.3, -0.25) is 4.79 Å². The van der Waals surface area contributed by atoms with Crippen molar-refractivity contribution in [1.29, 1.82) is 0 Å². The lowest BCUT2D eigenvalue weighted by Gasteiger charge is -2.48. The summed E-state index contributed by atoms with van der Waals surface area (Å²) in [5, 5.41) is 47.3. The minimum Gasteiger partial charge on any atom is -0.459 e. The molecule has 61 heavy (non-hydrogen) atoms. The number of carbonyl (C=O) groups excluding carboxylic acids is 1. The molecule has 18 atom stereocenters. The second kappa shape index (κ2) is 21.5. The van der Waals surface area contributed by atoms with E-state index in [9.17, 15) is 25.2 Å².